The number of nitrogens with zero attached hydrogens (tertiary/aromatic N) is 1. The Hall–Kier alpha value is -1.18. The lowest BCUT2D eigenvalue weighted by atomic mass is 10.1. The summed E-state index contributed by atoms with van der Waals surface area (Å²) >= 11 is 0. The largest absolute Gasteiger partial charge is 0.294 e. The molecule has 0 unspecified atom stereocenters. The summed E-state index contributed by atoms with van der Waals surface area (Å²) in [5.74, 6) is 0.0475. The number of Topliss-reactive ketones (excluding diaryl/α,β-unsaturated/α-hetero) is 1. The fourth-order valence-corrected chi connectivity index (χ4v) is 0.982. The van der Waals surface area contributed by atoms with Crippen molar-refractivity contribution in [3.63, 3.8) is 0 Å². The van der Waals surface area contributed by atoms with E-state index in [1.54, 1.807) is 6.07 Å². The quantitative estimate of drug-likeness (QED) is 0.567. The normalized spacial score (nSPS) is 9.73. The van der Waals surface area contributed by atoms with E-state index >= 15 is 0 Å². The van der Waals surface area contributed by atoms with Crippen LogP contribution in [0.25, 0.3) is 0 Å². The average Bonchev–Trinajstić information content (AvgIpc) is 1.85. The van der Waals surface area contributed by atoms with E-state index in [9.17, 15) is 4.79 Å². The Morgan fingerprint density at radius 2 is 2.18 bits per heavy atom. The predicted octanol–water partition coefficient (Wildman–Crippen LogP) is 1.70. The summed E-state index contributed by atoms with van der Waals surface area (Å²) in [4.78, 5) is 15.0. The van der Waals surface area contributed by atoms with Crippen molar-refractivity contribution < 1.29 is 4.79 Å². The van der Waals surface area contributed by atoms with Crippen molar-refractivity contribution in [2.75, 3.05) is 0 Å². The van der Waals surface area contributed by atoms with Crippen LogP contribution in [0.15, 0.2) is 6.07 Å². The Labute approximate surface area is 66.3 Å². The van der Waals surface area contributed by atoms with Gasteiger partial charge in [-0.3, -0.25) is 9.78 Å². The SMILES string of the molecule is CC(=O)c1c[c]c(C)nc1C. The molecule has 1 heterocycles. The van der Waals surface area contributed by atoms with Crippen LogP contribution in [0.5, 0.6) is 0 Å². The van der Waals surface area contributed by atoms with Crippen LogP contribution in [0.3, 0.4) is 0 Å². The van der Waals surface area contributed by atoms with Gasteiger partial charge < -0.3 is 0 Å². The maximum atomic E-state index is 10.9. The number of aryl methyl sites for hydroxylation is 2. The van der Waals surface area contributed by atoms with Crippen LogP contribution < -0.4 is 0 Å². The first-order chi connectivity index (χ1) is 5.11. The van der Waals surface area contributed by atoms with Crippen LogP contribution in [-0.4, -0.2) is 10.8 Å². The molecule has 57 valence electrons. The van der Waals surface area contributed by atoms with E-state index in [0.29, 0.717) is 5.56 Å². The highest BCUT2D eigenvalue weighted by Gasteiger charge is 2.03. The molecule has 0 fully saturated rings. The molecule has 2 heteroatoms. The molecule has 1 rings (SSSR count). The average molecular weight is 148 g/mol. The molecule has 0 saturated carbocycles. The van der Waals surface area contributed by atoms with Gasteiger partial charge in [-0.2, -0.15) is 0 Å². The Balaban J connectivity index is 3.20. The third-order valence-electron chi connectivity index (χ3n) is 1.53. The maximum absolute atomic E-state index is 10.9. The van der Waals surface area contributed by atoms with Gasteiger partial charge in [0.1, 0.15) is 0 Å². The molecule has 1 aromatic heterocycles. The van der Waals surface area contributed by atoms with E-state index in [-0.39, 0.29) is 5.78 Å². The highest BCUT2D eigenvalue weighted by molar-refractivity contribution is 5.94. The zero-order valence-corrected chi connectivity index (χ0v) is 6.93. The van der Waals surface area contributed by atoms with Gasteiger partial charge in [-0.1, -0.05) is 0 Å². The van der Waals surface area contributed by atoms with Crippen LogP contribution in [0, 0.1) is 19.9 Å². The lowest BCUT2D eigenvalue weighted by molar-refractivity contribution is 0.101. The van der Waals surface area contributed by atoms with Crippen LogP contribution in [0.4, 0.5) is 0 Å². The smallest absolute Gasteiger partial charge is 0.161 e. The van der Waals surface area contributed by atoms with E-state index in [1.165, 1.54) is 6.92 Å². The first-order valence-corrected chi connectivity index (χ1v) is 3.48. The number of carbonyl (C=O) groups excluding carboxylic acids is 1. The number of hydrogen-bond donors (Lipinski definition) is 0. The Kier molecular flexibility index (Phi) is 2.03. The molecule has 2 nitrogen and oxygen atoms in total. The summed E-state index contributed by atoms with van der Waals surface area (Å²) in [6, 6.07) is 4.58. The molecule has 0 saturated heterocycles. The van der Waals surface area contributed by atoms with Crippen molar-refractivity contribution in [1.29, 1.82) is 0 Å². The van der Waals surface area contributed by atoms with E-state index in [4.69, 9.17) is 0 Å². The summed E-state index contributed by atoms with van der Waals surface area (Å²) in [6.07, 6.45) is 0. The summed E-state index contributed by atoms with van der Waals surface area (Å²) in [5, 5.41) is 0. The zero-order chi connectivity index (χ0) is 8.43. The number of pyridine rings is 1. The number of carbonyl (C=O) groups is 1. The summed E-state index contributed by atoms with van der Waals surface area (Å²) in [7, 11) is 0. The molecule has 0 aliphatic heterocycles. The van der Waals surface area contributed by atoms with E-state index in [1.807, 2.05) is 13.8 Å². The van der Waals surface area contributed by atoms with Gasteiger partial charge >= 0.3 is 0 Å². The van der Waals surface area contributed by atoms with Gasteiger partial charge in [0, 0.05) is 23.0 Å². The first-order valence-electron chi connectivity index (χ1n) is 3.48. The van der Waals surface area contributed by atoms with Gasteiger partial charge in [-0.25, -0.2) is 0 Å². The van der Waals surface area contributed by atoms with Gasteiger partial charge in [0.05, 0.1) is 0 Å². The molecule has 11 heavy (non-hydrogen) atoms. The maximum Gasteiger partial charge on any atom is 0.161 e. The highest BCUT2D eigenvalue weighted by atomic mass is 16.1. The van der Waals surface area contributed by atoms with Crippen LogP contribution in [0.2, 0.25) is 0 Å². The van der Waals surface area contributed by atoms with Gasteiger partial charge in [0.25, 0.3) is 0 Å². The summed E-state index contributed by atoms with van der Waals surface area (Å²) < 4.78 is 0. The third kappa shape index (κ3) is 1.64. The van der Waals surface area contributed by atoms with Crippen LogP contribution in [0.1, 0.15) is 28.7 Å². The molecule has 1 radical (unpaired) electrons. The standard InChI is InChI=1S/C9H10NO/c1-6-4-5-9(8(3)11)7(2)10-6/h5H,1-3H3. The monoisotopic (exact) mass is 148 g/mol. The Morgan fingerprint density at radius 3 is 2.64 bits per heavy atom. The van der Waals surface area contributed by atoms with Crippen molar-refractivity contribution in [2.45, 2.75) is 20.8 Å². The molecule has 1 aromatic rings. The molecule has 0 aliphatic carbocycles. The van der Waals surface area contributed by atoms with Gasteiger partial charge in [0.2, 0.25) is 0 Å². The van der Waals surface area contributed by atoms with E-state index < -0.39 is 0 Å². The fourth-order valence-electron chi connectivity index (χ4n) is 0.982. The van der Waals surface area contributed by atoms with E-state index in [2.05, 4.69) is 11.1 Å². The first kappa shape index (κ1) is 7.92. The molecule has 0 bridgehead atoms. The van der Waals surface area contributed by atoms with Gasteiger partial charge in [0.15, 0.2) is 5.78 Å². The minimum absolute atomic E-state index is 0.0475. The second-order valence-electron chi connectivity index (χ2n) is 2.54. The zero-order valence-electron chi connectivity index (χ0n) is 6.93. The summed E-state index contributed by atoms with van der Waals surface area (Å²) in [6.45, 7) is 5.22. The number of ketones is 1. The second-order valence-corrected chi connectivity index (χ2v) is 2.54. The lowest BCUT2D eigenvalue weighted by Gasteiger charge is -1.99. The van der Waals surface area contributed by atoms with Gasteiger partial charge in [-0.05, 0) is 26.8 Å². The lowest BCUT2D eigenvalue weighted by Crippen LogP contribution is -1.99. The Morgan fingerprint density at radius 1 is 1.55 bits per heavy atom. The number of aromatic nitrogens is 1. The van der Waals surface area contributed by atoms with Crippen LogP contribution in [-0.2, 0) is 0 Å². The topological polar surface area (TPSA) is 30.0 Å². The number of hydrogen-bond acceptors (Lipinski definition) is 2. The minimum atomic E-state index is 0.0475. The molecular weight excluding hydrogens is 138 g/mol. The molecule has 0 aromatic carbocycles. The molecule has 0 spiro atoms. The van der Waals surface area contributed by atoms with E-state index in [0.717, 1.165) is 11.4 Å². The fraction of sp³-hybridized carbons (Fsp3) is 0.333. The molecule has 0 atom stereocenters. The van der Waals surface area contributed by atoms with Crippen molar-refractivity contribution in [3.05, 3.63) is 29.1 Å². The number of rotatable bonds is 1. The van der Waals surface area contributed by atoms with Crippen molar-refractivity contribution in [3.8, 4) is 0 Å². The third-order valence-corrected chi connectivity index (χ3v) is 1.53. The minimum Gasteiger partial charge on any atom is -0.294 e. The molecule has 0 N–H and O–H groups in total. The molecular formula is C9H10NO. The second kappa shape index (κ2) is 2.82. The van der Waals surface area contributed by atoms with Crippen LogP contribution >= 0.6 is 0 Å². The van der Waals surface area contributed by atoms with Crippen molar-refractivity contribution >= 4 is 5.78 Å². The molecule has 0 amide bonds. The highest BCUT2D eigenvalue weighted by Crippen LogP contribution is 2.05. The summed E-state index contributed by atoms with van der Waals surface area (Å²) in [5.41, 5.74) is 2.27. The Bertz CT molecular complexity index is 292. The van der Waals surface area contributed by atoms with Crippen molar-refractivity contribution in [1.82, 2.24) is 4.98 Å². The van der Waals surface area contributed by atoms with Gasteiger partial charge in [-0.15, -0.1) is 0 Å². The molecule has 0 aliphatic rings. The van der Waals surface area contributed by atoms with Crippen molar-refractivity contribution in [2.24, 2.45) is 0 Å². The predicted molar refractivity (Wildman–Crippen MR) is 42.6 cm³/mol.